The molecule has 0 bridgehead atoms. The predicted molar refractivity (Wildman–Crippen MR) is 82.8 cm³/mol. The van der Waals surface area contributed by atoms with E-state index in [9.17, 15) is 19.8 Å². The van der Waals surface area contributed by atoms with E-state index < -0.39 is 11.9 Å². The quantitative estimate of drug-likeness (QED) is 0.283. The number of unbranched alkanes of at least 4 members (excludes halogenated alkanes) is 6. The molecule has 4 nitrogen and oxygen atoms in total. The van der Waals surface area contributed by atoms with Crippen molar-refractivity contribution in [3.8, 4) is 0 Å². The van der Waals surface area contributed by atoms with E-state index in [2.05, 4.69) is 13.8 Å². The molecule has 5 heteroatoms. The van der Waals surface area contributed by atoms with Crippen LogP contribution in [0, 0.1) is 0 Å². The van der Waals surface area contributed by atoms with Crippen molar-refractivity contribution in [1.82, 2.24) is 0 Å². The van der Waals surface area contributed by atoms with Crippen molar-refractivity contribution in [2.45, 2.75) is 74.1 Å². The van der Waals surface area contributed by atoms with E-state index in [1.165, 1.54) is 38.5 Å². The Hall–Kier alpha value is -0.521. The van der Waals surface area contributed by atoms with Crippen molar-refractivity contribution in [3.63, 3.8) is 0 Å². The van der Waals surface area contributed by atoms with Crippen LogP contribution in [0.1, 0.15) is 65.2 Å². The maximum atomic E-state index is 9.41. The van der Waals surface area contributed by atoms with Crippen molar-refractivity contribution >= 4 is 33.1 Å². The van der Waals surface area contributed by atoms with E-state index in [0.29, 0.717) is 12.2 Å². The summed E-state index contributed by atoms with van der Waals surface area (Å²) >= 11 is 0.104. The van der Waals surface area contributed by atoms with Crippen molar-refractivity contribution in [1.29, 1.82) is 0 Å². The molecule has 0 heterocycles. The summed E-state index contributed by atoms with van der Waals surface area (Å²) in [5, 5.41) is 18.8. The molecule has 0 amide bonds. The molecular weight excluding hydrogens is 375 g/mol. The number of aliphatic carboxylic acids is 2. The maximum Gasteiger partial charge on any atom is 0.0643 e. The second kappa shape index (κ2) is 19.5. The molecule has 0 spiro atoms. The van der Waals surface area contributed by atoms with Gasteiger partial charge in [-0.05, 0) is 12.2 Å². The third kappa shape index (κ3) is 28.4. The van der Waals surface area contributed by atoms with Crippen LogP contribution in [0.3, 0.4) is 0 Å². The standard InChI is InChI=1S/2C6H13.C4H4O4.Sn/c2*1-3-5-6-4-2;5-3(6)1-2-4(7)8;/h2*1,3-6H2,2H3;1-2H,(H,5,6)(H,7,8);/q;;;+2/p-2/b;;2-1-;. The van der Waals surface area contributed by atoms with Gasteiger partial charge >= 0.3 is 95.2 Å². The van der Waals surface area contributed by atoms with Crippen LogP contribution < -0.4 is 10.2 Å². The largest absolute Gasteiger partial charge is 0.545 e. The fourth-order valence-electron chi connectivity index (χ4n) is 1.61. The van der Waals surface area contributed by atoms with Gasteiger partial charge in [0.05, 0.1) is 11.9 Å². The van der Waals surface area contributed by atoms with E-state index in [-0.39, 0.29) is 21.1 Å². The molecule has 0 aromatic heterocycles. The van der Waals surface area contributed by atoms with Crippen LogP contribution in [-0.4, -0.2) is 33.1 Å². The molecule has 21 heavy (non-hydrogen) atoms. The van der Waals surface area contributed by atoms with Crippen LogP contribution in [0.25, 0.3) is 0 Å². The van der Waals surface area contributed by atoms with Gasteiger partial charge < -0.3 is 19.8 Å². The predicted octanol–water partition coefficient (Wildman–Crippen LogP) is 1.73. The van der Waals surface area contributed by atoms with Gasteiger partial charge in [-0.15, -0.1) is 0 Å². The molecular formula is C16H28O4Sn. The van der Waals surface area contributed by atoms with Gasteiger partial charge in [-0.2, -0.15) is 0 Å². The SMILES string of the molecule is CCCCC[CH2][Sn+2][CH2]CCCCC.O=C([O-])/C=C\C(=O)[O-]. The number of hydrogen-bond donors (Lipinski definition) is 0. The minimum absolute atomic E-state index is 0.104. The molecule has 120 valence electrons. The van der Waals surface area contributed by atoms with Crippen molar-refractivity contribution in [2.24, 2.45) is 0 Å². The summed E-state index contributed by atoms with van der Waals surface area (Å²) in [7, 11) is 0. The second-order valence-electron chi connectivity index (χ2n) is 4.84. The first-order valence-corrected chi connectivity index (χ1v) is 11.9. The number of carboxylic acid groups (broad SMARTS) is 2. The summed E-state index contributed by atoms with van der Waals surface area (Å²) in [6.07, 6.45) is 12.6. The van der Waals surface area contributed by atoms with Gasteiger partial charge in [0, 0.05) is 0 Å². The van der Waals surface area contributed by atoms with Crippen molar-refractivity contribution in [2.75, 3.05) is 0 Å². The Morgan fingerprint density at radius 3 is 1.43 bits per heavy atom. The number of carbonyl (C=O) groups is 2. The zero-order valence-corrected chi connectivity index (χ0v) is 16.2. The molecule has 0 saturated carbocycles. The first kappa shape index (κ1) is 22.8. The first-order valence-electron chi connectivity index (χ1n) is 7.85. The molecule has 0 fully saturated rings. The molecule has 0 aliphatic heterocycles. The summed E-state index contributed by atoms with van der Waals surface area (Å²) < 4.78 is 3.30. The van der Waals surface area contributed by atoms with Crippen molar-refractivity contribution in [3.05, 3.63) is 12.2 Å². The van der Waals surface area contributed by atoms with E-state index in [4.69, 9.17) is 0 Å². The zero-order valence-electron chi connectivity index (χ0n) is 13.4. The van der Waals surface area contributed by atoms with E-state index >= 15 is 0 Å². The molecule has 0 aliphatic carbocycles. The Bertz CT molecular complexity index is 251. The maximum absolute atomic E-state index is 9.41. The summed E-state index contributed by atoms with van der Waals surface area (Å²) in [4.78, 5) is 18.8. The fraction of sp³-hybridized carbons (Fsp3) is 0.750. The van der Waals surface area contributed by atoms with Gasteiger partial charge in [0.25, 0.3) is 0 Å². The number of carboxylic acids is 2. The summed E-state index contributed by atoms with van der Waals surface area (Å²) in [5.41, 5.74) is 0. The molecule has 0 saturated heterocycles. The van der Waals surface area contributed by atoms with Gasteiger partial charge in [-0.1, -0.05) is 0 Å². The van der Waals surface area contributed by atoms with Gasteiger partial charge in [0.15, 0.2) is 0 Å². The van der Waals surface area contributed by atoms with E-state index in [0.717, 1.165) is 0 Å². The molecule has 0 aliphatic rings. The summed E-state index contributed by atoms with van der Waals surface area (Å²) in [6, 6.07) is 0. The van der Waals surface area contributed by atoms with Crippen LogP contribution >= 0.6 is 0 Å². The van der Waals surface area contributed by atoms with E-state index in [1.807, 2.05) is 0 Å². The smallest absolute Gasteiger partial charge is 0.0643 e. The summed E-state index contributed by atoms with van der Waals surface area (Å²) in [6.45, 7) is 4.59. The Kier molecular flexibility index (Phi) is 21.1. The van der Waals surface area contributed by atoms with E-state index in [1.54, 1.807) is 21.7 Å². The van der Waals surface area contributed by atoms with Crippen LogP contribution in [0.2, 0.25) is 8.87 Å². The zero-order chi connectivity index (χ0) is 16.3. The fourth-order valence-corrected chi connectivity index (χ4v) is 5.18. The topological polar surface area (TPSA) is 80.3 Å². The monoisotopic (exact) mass is 404 g/mol. The second-order valence-corrected chi connectivity index (χ2v) is 9.12. The third-order valence-electron chi connectivity index (χ3n) is 2.77. The van der Waals surface area contributed by atoms with Gasteiger partial charge in [0.1, 0.15) is 0 Å². The van der Waals surface area contributed by atoms with Crippen LogP contribution in [0.15, 0.2) is 12.2 Å². The molecule has 0 aromatic carbocycles. The summed E-state index contributed by atoms with van der Waals surface area (Å²) in [5.74, 6) is -3.09. The Labute approximate surface area is 139 Å². The molecule has 0 aromatic rings. The minimum atomic E-state index is -1.55. The number of carbonyl (C=O) groups excluding carboxylic acids is 2. The molecule has 0 radical (unpaired) electrons. The Morgan fingerprint density at radius 2 is 1.14 bits per heavy atom. The van der Waals surface area contributed by atoms with Crippen molar-refractivity contribution < 1.29 is 19.8 Å². The van der Waals surface area contributed by atoms with Crippen LogP contribution in [0.4, 0.5) is 0 Å². The normalized spacial score (nSPS) is 9.81. The number of hydrogen-bond acceptors (Lipinski definition) is 4. The number of rotatable bonds is 12. The molecule has 0 unspecified atom stereocenters. The van der Waals surface area contributed by atoms with Gasteiger partial charge in [0.2, 0.25) is 0 Å². The van der Waals surface area contributed by atoms with Crippen LogP contribution in [0.5, 0.6) is 0 Å². The average Bonchev–Trinajstić information content (AvgIpc) is 2.44. The molecule has 0 rings (SSSR count). The Balaban J connectivity index is 0. The average molecular weight is 403 g/mol. The molecule has 0 atom stereocenters. The van der Waals surface area contributed by atoms with Gasteiger partial charge in [-0.25, -0.2) is 0 Å². The first-order chi connectivity index (χ1) is 10.0. The van der Waals surface area contributed by atoms with Crippen LogP contribution in [-0.2, 0) is 9.59 Å². The van der Waals surface area contributed by atoms with Gasteiger partial charge in [-0.3, -0.25) is 0 Å². The third-order valence-corrected chi connectivity index (χ3v) is 6.81. The molecule has 0 N–H and O–H groups in total. The minimum Gasteiger partial charge on any atom is -0.545 e. The Morgan fingerprint density at radius 1 is 0.762 bits per heavy atom.